The van der Waals surface area contributed by atoms with Gasteiger partial charge in [0.1, 0.15) is 0 Å². The Morgan fingerprint density at radius 3 is 2.94 bits per heavy atom. The Morgan fingerprint density at radius 1 is 1.28 bits per heavy atom. The molecule has 2 heteroatoms. The highest BCUT2D eigenvalue weighted by molar-refractivity contribution is 6.09. The van der Waals surface area contributed by atoms with E-state index < -0.39 is 0 Å². The molecule has 0 aromatic carbocycles. The number of allylic oxidation sites excluding steroid dienone is 2. The second-order valence-electron chi connectivity index (χ2n) is 4.90. The van der Waals surface area contributed by atoms with Gasteiger partial charge in [0.25, 0.3) is 0 Å². The second-order valence-corrected chi connectivity index (χ2v) is 4.90. The molecule has 0 saturated carbocycles. The van der Waals surface area contributed by atoms with Crippen molar-refractivity contribution in [2.75, 3.05) is 0 Å². The van der Waals surface area contributed by atoms with E-state index in [2.05, 4.69) is 18.0 Å². The van der Waals surface area contributed by atoms with Crippen LogP contribution in [0.1, 0.15) is 61.4 Å². The lowest BCUT2D eigenvalue weighted by atomic mass is 9.92. The zero-order chi connectivity index (χ0) is 12.8. The molecule has 0 saturated heterocycles. The molecule has 2 nitrogen and oxygen atoms in total. The molecular formula is C16H21NO. The monoisotopic (exact) mass is 243 g/mol. The van der Waals surface area contributed by atoms with Gasteiger partial charge in [0.2, 0.25) is 0 Å². The second kappa shape index (κ2) is 6.48. The standard InChI is InChI=1S/C16H21NO/c1-2-13-12-17-11-10-15(13)16(18)14-8-6-4-3-5-7-9-14/h8,10-12H,2-7,9H2,1H3/b14-8+. The molecule has 1 aromatic rings. The van der Waals surface area contributed by atoms with E-state index >= 15 is 0 Å². The van der Waals surface area contributed by atoms with Gasteiger partial charge in [-0.05, 0) is 49.3 Å². The Bertz CT molecular complexity index is 448. The maximum Gasteiger partial charge on any atom is 0.189 e. The fourth-order valence-electron chi connectivity index (χ4n) is 2.50. The number of hydrogen-bond acceptors (Lipinski definition) is 2. The molecule has 1 aromatic heterocycles. The van der Waals surface area contributed by atoms with Crippen molar-refractivity contribution in [2.45, 2.75) is 51.9 Å². The van der Waals surface area contributed by atoms with Crippen molar-refractivity contribution in [1.82, 2.24) is 4.98 Å². The van der Waals surface area contributed by atoms with Crippen LogP contribution in [0.2, 0.25) is 0 Å². The van der Waals surface area contributed by atoms with Gasteiger partial charge in [-0.3, -0.25) is 9.78 Å². The van der Waals surface area contributed by atoms with E-state index in [0.717, 1.165) is 42.4 Å². The summed E-state index contributed by atoms with van der Waals surface area (Å²) in [6.07, 6.45) is 13.4. The number of carbonyl (C=O) groups excluding carboxylic acids is 1. The van der Waals surface area contributed by atoms with Gasteiger partial charge in [0, 0.05) is 18.0 Å². The van der Waals surface area contributed by atoms with Crippen LogP contribution in [0.5, 0.6) is 0 Å². The van der Waals surface area contributed by atoms with Crippen molar-refractivity contribution < 1.29 is 4.79 Å². The Balaban J connectivity index is 2.23. The smallest absolute Gasteiger partial charge is 0.189 e. The lowest BCUT2D eigenvalue weighted by molar-refractivity contribution is 0.102. The molecule has 1 heterocycles. The van der Waals surface area contributed by atoms with Crippen LogP contribution in [0.4, 0.5) is 0 Å². The van der Waals surface area contributed by atoms with Crippen molar-refractivity contribution in [3.8, 4) is 0 Å². The Labute approximate surface area is 109 Å². The van der Waals surface area contributed by atoms with Crippen LogP contribution >= 0.6 is 0 Å². The quantitative estimate of drug-likeness (QED) is 0.748. The third kappa shape index (κ3) is 3.06. The molecule has 0 spiro atoms. The van der Waals surface area contributed by atoms with Crippen LogP contribution in [0.15, 0.2) is 30.1 Å². The van der Waals surface area contributed by atoms with E-state index in [4.69, 9.17) is 0 Å². The molecule has 0 unspecified atom stereocenters. The molecule has 18 heavy (non-hydrogen) atoms. The molecule has 0 amide bonds. The van der Waals surface area contributed by atoms with Gasteiger partial charge in [-0.2, -0.15) is 0 Å². The van der Waals surface area contributed by atoms with Crippen molar-refractivity contribution in [3.05, 3.63) is 41.2 Å². The lowest BCUT2D eigenvalue weighted by Gasteiger charge is -2.12. The van der Waals surface area contributed by atoms with E-state index in [9.17, 15) is 4.79 Å². The molecule has 0 bridgehead atoms. The summed E-state index contributed by atoms with van der Waals surface area (Å²) in [4.78, 5) is 16.7. The molecule has 0 fully saturated rings. The Morgan fingerprint density at radius 2 is 2.11 bits per heavy atom. The summed E-state index contributed by atoms with van der Waals surface area (Å²) in [5, 5.41) is 0. The predicted molar refractivity (Wildman–Crippen MR) is 73.7 cm³/mol. The number of rotatable bonds is 3. The fraction of sp³-hybridized carbons (Fsp3) is 0.500. The van der Waals surface area contributed by atoms with E-state index in [-0.39, 0.29) is 5.78 Å². The third-order valence-corrected chi connectivity index (χ3v) is 3.61. The summed E-state index contributed by atoms with van der Waals surface area (Å²) >= 11 is 0. The molecule has 1 aliphatic carbocycles. The van der Waals surface area contributed by atoms with Gasteiger partial charge in [-0.25, -0.2) is 0 Å². The summed E-state index contributed by atoms with van der Waals surface area (Å²) in [7, 11) is 0. The number of aromatic nitrogens is 1. The highest BCUT2D eigenvalue weighted by atomic mass is 16.1. The number of hydrogen-bond donors (Lipinski definition) is 0. The molecule has 0 aliphatic heterocycles. The van der Waals surface area contributed by atoms with Crippen LogP contribution in [-0.4, -0.2) is 10.8 Å². The lowest BCUT2D eigenvalue weighted by Crippen LogP contribution is -2.08. The van der Waals surface area contributed by atoms with Gasteiger partial charge in [0.05, 0.1) is 0 Å². The number of nitrogens with zero attached hydrogens (tertiary/aromatic N) is 1. The molecule has 2 rings (SSSR count). The molecule has 0 N–H and O–H groups in total. The van der Waals surface area contributed by atoms with Crippen LogP contribution < -0.4 is 0 Å². The molecule has 1 aliphatic rings. The molecular weight excluding hydrogens is 222 g/mol. The Kier molecular flexibility index (Phi) is 4.68. The summed E-state index contributed by atoms with van der Waals surface area (Å²) in [5.41, 5.74) is 2.92. The third-order valence-electron chi connectivity index (χ3n) is 3.61. The maximum atomic E-state index is 12.5. The summed E-state index contributed by atoms with van der Waals surface area (Å²) < 4.78 is 0. The van der Waals surface area contributed by atoms with Gasteiger partial charge < -0.3 is 0 Å². The van der Waals surface area contributed by atoms with Crippen molar-refractivity contribution in [2.24, 2.45) is 0 Å². The molecule has 0 radical (unpaired) electrons. The summed E-state index contributed by atoms with van der Waals surface area (Å²) in [6, 6.07) is 1.86. The predicted octanol–water partition coefficient (Wildman–Crippen LogP) is 4.11. The minimum absolute atomic E-state index is 0.219. The van der Waals surface area contributed by atoms with Gasteiger partial charge in [0.15, 0.2) is 5.78 Å². The zero-order valence-electron chi connectivity index (χ0n) is 11.1. The van der Waals surface area contributed by atoms with E-state index in [1.54, 1.807) is 6.20 Å². The van der Waals surface area contributed by atoms with E-state index in [1.165, 1.54) is 19.3 Å². The minimum atomic E-state index is 0.219. The minimum Gasteiger partial charge on any atom is -0.289 e. The summed E-state index contributed by atoms with van der Waals surface area (Å²) in [6.45, 7) is 2.07. The van der Waals surface area contributed by atoms with Gasteiger partial charge in [-0.1, -0.05) is 25.8 Å². The number of Topliss-reactive ketones (excluding diaryl/α,β-unsaturated/α-hetero) is 1. The van der Waals surface area contributed by atoms with Gasteiger partial charge in [-0.15, -0.1) is 0 Å². The number of pyridine rings is 1. The van der Waals surface area contributed by atoms with Crippen LogP contribution in [0.25, 0.3) is 0 Å². The molecule has 96 valence electrons. The first-order chi connectivity index (χ1) is 8.83. The topological polar surface area (TPSA) is 30.0 Å². The van der Waals surface area contributed by atoms with Crippen LogP contribution in [0.3, 0.4) is 0 Å². The largest absolute Gasteiger partial charge is 0.289 e. The first-order valence-corrected chi connectivity index (χ1v) is 6.99. The number of carbonyl (C=O) groups is 1. The first-order valence-electron chi connectivity index (χ1n) is 6.99. The number of aryl methyl sites for hydroxylation is 1. The van der Waals surface area contributed by atoms with E-state index in [0.29, 0.717) is 0 Å². The average Bonchev–Trinajstić information content (AvgIpc) is 2.37. The SMILES string of the molecule is CCc1cnccc1C(=O)/C1=C/CCCCCC1. The zero-order valence-corrected chi connectivity index (χ0v) is 11.1. The van der Waals surface area contributed by atoms with Gasteiger partial charge >= 0.3 is 0 Å². The first kappa shape index (κ1) is 13.0. The Hall–Kier alpha value is -1.44. The highest BCUT2D eigenvalue weighted by Crippen LogP contribution is 2.22. The maximum absolute atomic E-state index is 12.5. The van der Waals surface area contributed by atoms with E-state index in [1.807, 2.05) is 12.3 Å². The fourth-order valence-corrected chi connectivity index (χ4v) is 2.50. The van der Waals surface area contributed by atoms with Crippen LogP contribution in [0, 0.1) is 0 Å². The number of ketones is 1. The highest BCUT2D eigenvalue weighted by Gasteiger charge is 2.15. The summed E-state index contributed by atoms with van der Waals surface area (Å²) in [5.74, 6) is 0.219. The van der Waals surface area contributed by atoms with Crippen molar-refractivity contribution >= 4 is 5.78 Å². The van der Waals surface area contributed by atoms with Crippen LogP contribution in [-0.2, 0) is 6.42 Å². The molecule has 0 atom stereocenters. The van der Waals surface area contributed by atoms with Crippen molar-refractivity contribution in [1.29, 1.82) is 0 Å². The van der Waals surface area contributed by atoms with Crippen molar-refractivity contribution in [3.63, 3.8) is 0 Å². The average molecular weight is 243 g/mol. The normalized spacial score (nSPS) is 19.5.